The Morgan fingerprint density at radius 3 is 2.71 bits per heavy atom. The van der Waals surface area contributed by atoms with E-state index in [1.165, 1.54) is 0 Å². The van der Waals surface area contributed by atoms with Crippen LogP contribution in [0.2, 0.25) is 0 Å². The third-order valence-corrected chi connectivity index (χ3v) is 4.05. The van der Waals surface area contributed by atoms with E-state index in [-0.39, 0.29) is 18.6 Å². The van der Waals surface area contributed by atoms with Gasteiger partial charge in [-0.2, -0.15) is 0 Å². The molecule has 0 unspecified atom stereocenters. The summed E-state index contributed by atoms with van der Waals surface area (Å²) in [6.07, 6.45) is 0.897. The van der Waals surface area contributed by atoms with Gasteiger partial charge >= 0.3 is 0 Å². The lowest BCUT2D eigenvalue weighted by molar-refractivity contribution is -0.134. The highest BCUT2D eigenvalue weighted by molar-refractivity contribution is 5.82. The van der Waals surface area contributed by atoms with Gasteiger partial charge in [-0.05, 0) is 30.5 Å². The van der Waals surface area contributed by atoms with Gasteiger partial charge in [-0.15, -0.1) is 0 Å². The molecule has 0 radical (unpaired) electrons. The van der Waals surface area contributed by atoms with E-state index in [2.05, 4.69) is 0 Å². The second kappa shape index (κ2) is 6.80. The van der Waals surface area contributed by atoms with Crippen LogP contribution in [-0.2, 0) is 11.3 Å². The van der Waals surface area contributed by atoms with E-state index in [4.69, 9.17) is 15.2 Å². The monoisotopic (exact) mass is 292 g/mol. The summed E-state index contributed by atoms with van der Waals surface area (Å²) in [4.78, 5) is 14.2. The van der Waals surface area contributed by atoms with Gasteiger partial charge in [0.25, 0.3) is 0 Å². The highest BCUT2D eigenvalue weighted by Crippen LogP contribution is 2.32. The Morgan fingerprint density at radius 1 is 1.33 bits per heavy atom. The number of nitrogens with zero attached hydrogens (tertiary/aromatic N) is 1. The molecule has 21 heavy (non-hydrogen) atoms. The van der Waals surface area contributed by atoms with E-state index in [1.54, 1.807) is 4.90 Å². The van der Waals surface area contributed by atoms with Crippen molar-refractivity contribution in [3.8, 4) is 11.5 Å². The van der Waals surface area contributed by atoms with Gasteiger partial charge < -0.3 is 20.1 Å². The van der Waals surface area contributed by atoms with Gasteiger partial charge in [-0.1, -0.05) is 26.3 Å². The molecule has 1 aromatic carbocycles. The molecular weight excluding hydrogens is 268 g/mol. The SMILES string of the molecule is CC[C@H](C)[C@H](N)C(=O)N(CC)Cc1ccc2c(c1)OCO2. The zero-order valence-corrected chi connectivity index (χ0v) is 13.0. The van der Waals surface area contributed by atoms with Crippen LogP contribution in [0.4, 0.5) is 0 Å². The number of benzene rings is 1. The van der Waals surface area contributed by atoms with Crippen molar-refractivity contribution in [3.63, 3.8) is 0 Å². The first kappa shape index (κ1) is 15.6. The summed E-state index contributed by atoms with van der Waals surface area (Å²) in [6.45, 7) is 7.46. The minimum Gasteiger partial charge on any atom is -0.454 e. The number of hydrogen-bond acceptors (Lipinski definition) is 4. The van der Waals surface area contributed by atoms with Crippen molar-refractivity contribution in [3.05, 3.63) is 23.8 Å². The maximum atomic E-state index is 12.5. The lowest BCUT2D eigenvalue weighted by Crippen LogP contribution is -2.46. The van der Waals surface area contributed by atoms with Crippen LogP contribution in [0.25, 0.3) is 0 Å². The second-order valence-electron chi connectivity index (χ2n) is 5.45. The number of carbonyl (C=O) groups is 1. The Labute approximate surface area is 126 Å². The first-order valence-electron chi connectivity index (χ1n) is 7.49. The molecule has 0 fully saturated rings. The predicted molar refractivity (Wildman–Crippen MR) is 81.1 cm³/mol. The van der Waals surface area contributed by atoms with Gasteiger partial charge in [0.1, 0.15) is 0 Å². The summed E-state index contributed by atoms with van der Waals surface area (Å²) in [7, 11) is 0. The molecule has 1 aliphatic heterocycles. The Balaban J connectivity index is 2.06. The first-order chi connectivity index (χ1) is 10.1. The molecule has 2 N–H and O–H groups in total. The molecule has 0 saturated carbocycles. The molecule has 116 valence electrons. The van der Waals surface area contributed by atoms with Crippen molar-refractivity contribution in [2.24, 2.45) is 11.7 Å². The van der Waals surface area contributed by atoms with Crippen LogP contribution < -0.4 is 15.2 Å². The average molecular weight is 292 g/mol. The van der Waals surface area contributed by atoms with Crippen LogP contribution in [-0.4, -0.2) is 30.2 Å². The maximum Gasteiger partial charge on any atom is 0.240 e. The van der Waals surface area contributed by atoms with E-state index in [0.29, 0.717) is 13.1 Å². The predicted octanol–water partition coefficient (Wildman–Crippen LogP) is 2.14. The minimum absolute atomic E-state index is 0.00418. The van der Waals surface area contributed by atoms with Crippen molar-refractivity contribution in [2.75, 3.05) is 13.3 Å². The number of hydrogen-bond donors (Lipinski definition) is 1. The number of ether oxygens (including phenoxy) is 2. The largest absolute Gasteiger partial charge is 0.454 e. The molecule has 0 aliphatic carbocycles. The summed E-state index contributed by atoms with van der Waals surface area (Å²) in [5, 5.41) is 0. The molecule has 0 aromatic heterocycles. The van der Waals surface area contributed by atoms with E-state index in [1.807, 2.05) is 39.0 Å². The van der Waals surface area contributed by atoms with E-state index < -0.39 is 6.04 Å². The molecule has 1 aliphatic rings. The van der Waals surface area contributed by atoms with Gasteiger partial charge in [0, 0.05) is 13.1 Å². The molecular formula is C16H24N2O3. The van der Waals surface area contributed by atoms with Crippen molar-refractivity contribution >= 4 is 5.91 Å². The lowest BCUT2D eigenvalue weighted by atomic mass is 9.98. The van der Waals surface area contributed by atoms with E-state index in [0.717, 1.165) is 23.5 Å². The minimum atomic E-state index is -0.441. The van der Waals surface area contributed by atoms with Gasteiger partial charge in [-0.3, -0.25) is 4.79 Å². The third-order valence-electron chi connectivity index (χ3n) is 4.05. The fraction of sp³-hybridized carbons (Fsp3) is 0.562. The van der Waals surface area contributed by atoms with Crippen LogP contribution >= 0.6 is 0 Å². The summed E-state index contributed by atoms with van der Waals surface area (Å²) >= 11 is 0. The number of fused-ring (bicyclic) bond motifs is 1. The van der Waals surface area contributed by atoms with Crippen molar-refractivity contribution < 1.29 is 14.3 Å². The Morgan fingerprint density at radius 2 is 2.05 bits per heavy atom. The highest BCUT2D eigenvalue weighted by Gasteiger charge is 2.24. The maximum absolute atomic E-state index is 12.5. The molecule has 2 atom stereocenters. The van der Waals surface area contributed by atoms with Crippen molar-refractivity contribution in [1.82, 2.24) is 4.90 Å². The standard InChI is InChI=1S/C16H24N2O3/c1-4-11(3)15(17)16(19)18(5-2)9-12-6-7-13-14(8-12)21-10-20-13/h6-8,11,15H,4-5,9-10,17H2,1-3H3/t11-,15-/m0/s1. The number of likely N-dealkylation sites (N-methyl/N-ethyl adjacent to an activating group) is 1. The fourth-order valence-corrected chi connectivity index (χ4v) is 2.31. The third kappa shape index (κ3) is 3.47. The molecule has 0 spiro atoms. The van der Waals surface area contributed by atoms with Gasteiger partial charge in [-0.25, -0.2) is 0 Å². The quantitative estimate of drug-likeness (QED) is 0.872. The molecule has 5 nitrogen and oxygen atoms in total. The summed E-state index contributed by atoms with van der Waals surface area (Å²) in [5.74, 6) is 1.68. The van der Waals surface area contributed by atoms with Crippen molar-refractivity contribution in [1.29, 1.82) is 0 Å². The van der Waals surface area contributed by atoms with Gasteiger partial charge in [0.15, 0.2) is 11.5 Å². The molecule has 1 heterocycles. The fourth-order valence-electron chi connectivity index (χ4n) is 2.31. The Bertz CT molecular complexity index is 504. The van der Waals surface area contributed by atoms with Crippen molar-refractivity contribution in [2.45, 2.75) is 39.8 Å². The zero-order valence-electron chi connectivity index (χ0n) is 13.0. The summed E-state index contributed by atoms with van der Waals surface area (Å²) in [6, 6.07) is 5.32. The second-order valence-corrected chi connectivity index (χ2v) is 5.45. The average Bonchev–Trinajstić information content (AvgIpc) is 2.97. The topological polar surface area (TPSA) is 64.8 Å². The molecule has 5 heteroatoms. The van der Waals surface area contributed by atoms with E-state index in [9.17, 15) is 4.79 Å². The summed E-state index contributed by atoms with van der Waals surface area (Å²) in [5.41, 5.74) is 7.07. The first-order valence-corrected chi connectivity index (χ1v) is 7.49. The van der Waals surface area contributed by atoms with Crippen LogP contribution in [0.3, 0.4) is 0 Å². The number of rotatable bonds is 6. The van der Waals surface area contributed by atoms with Crippen LogP contribution in [0, 0.1) is 5.92 Å². The molecule has 0 saturated heterocycles. The molecule has 1 aromatic rings. The summed E-state index contributed by atoms with van der Waals surface area (Å²) < 4.78 is 10.7. The Hall–Kier alpha value is -1.75. The number of nitrogens with two attached hydrogens (primary N) is 1. The molecule has 0 bridgehead atoms. The van der Waals surface area contributed by atoms with Crippen LogP contribution in [0.15, 0.2) is 18.2 Å². The normalized spacial score (nSPS) is 15.6. The zero-order chi connectivity index (χ0) is 15.4. The van der Waals surface area contributed by atoms with Gasteiger partial charge in [0.05, 0.1) is 6.04 Å². The smallest absolute Gasteiger partial charge is 0.240 e. The number of amides is 1. The number of carbonyl (C=O) groups excluding carboxylic acids is 1. The molecule has 2 rings (SSSR count). The lowest BCUT2D eigenvalue weighted by Gasteiger charge is -2.27. The Kier molecular flexibility index (Phi) is 5.07. The van der Waals surface area contributed by atoms with E-state index >= 15 is 0 Å². The molecule has 1 amide bonds. The van der Waals surface area contributed by atoms with Gasteiger partial charge in [0.2, 0.25) is 12.7 Å². The highest BCUT2D eigenvalue weighted by atomic mass is 16.7. The van der Waals surface area contributed by atoms with Crippen LogP contribution in [0.5, 0.6) is 11.5 Å². The van der Waals surface area contributed by atoms with Crippen LogP contribution in [0.1, 0.15) is 32.8 Å².